The fourth-order valence-corrected chi connectivity index (χ4v) is 7.22. The molecule has 1 fully saturated rings. The largest absolute Gasteiger partial charge is 0.467 e. The maximum atomic E-state index is 12.9. The summed E-state index contributed by atoms with van der Waals surface area (Å²) in [5, 5.41) is 26.5. The molecule has 1 aliphatic heterocycles. The van der Waals surface area contributed by atoms with E-state index in [9.17, 15) is 19.8 Å². The van der Waals surface area contributed by atoms with Crippen LogP contribution in [0.4, 0.5) is 4.79 Å². The monoisotopic (exact) mass is 771 g/mol. The van der Waals surface area contributed by atoms with Crippen LogP contribution in [-0.4, -0.2) is 66.0 Å². The molecule has 1 saturated heterocycles. The van der Waals surface area contributed by atoms with E-state index in [4.69, 9.17) is 14.2 Å². The average molecular weight is 772 g/mol. The highest BCUT2D eigenvalue weighted by Crippen LogP contribution is 2.42. The van der Waals surface area contributed by atoms with Crippen molar-refractivity contribution >= 4 is 12.0 Å². The highest BCUT2D eigenvalue weighted by Gasteiger charge is 2.39. The van der Waals surface area contributed by atoms with Crippen molar-refractivity contribution in [1.82, 2.24) is 15.5 Å². The third kappa shape index (κ3) is 10.7. The van der Waals surface area contributed by atoms with E-state index in [1.165, 1.54) is 7.11 Å². The molecule has 7 atom stereocenters. The summed E-state index contributed by atoms with van der Waals surface area (Å²) >= 11 is 0. The molecule has 0 aliphatic carbocycles. The molecule has 4 N–H and O–H groups in total. The van der Waals surface area contributed by atoms with Crippen molar-refractivity contribution in [2.75, 3.05) is 20.7 Å². The minimum absolute atomic E-state index is 0.0161. The van der Waals surface area contributed by atoms with Crippen LogP contribution in [0.15, 0.2) is 133 Å². The van der Waals surface area contributed by atoms with Gasteiger partial charge in [0.05, 0.1) is 32.0 Å². The molecule has 0 aromatic heterocycles. The fraction of sp³-hybridized carbons (Fsp3) is 0.319. The predicted octanol–water partition coefficient (Wildman–Crippen LogP) is 7.27. The van der Waals surface area contributed by atoms with Gasteiger partial charge >= 0.3 is 12.0 Å². The maximum absolute atomic E-state index is 12.9. The highest BCUT2D eigenvalue weighted by atomic mass is 16.7. The molecule has 1 aliphatic rings. The Morgan fingerprint density at radius 1 is 0.789 bits per heavy atom. The third-order valence-corrected chi connectivity index (χ3v) is 10.9. The average Bonchev–Trinajstić information content (AvgIpc) is 3.26. The first-order valence-electron chi connectivity index (χ1n) is 19.4. The zero-order chi connectivity index (χ0) is 40.3. The van der Waals surface area contributed by atoms with Gasteiger partial charge in [-0.15, -0.1) is 0 Å². The van der Waals surface area contributed by atoms with Crippen molar-refractivity contribution in [2.45, 2.75) is 70.1 Å². The van der Waals surface area contributed by atoms with E-state index in [1.807, 2.05) is 147 Å². The number of aliphatic hydroxyl groups excluding tert-OH is 2. The van der Waals surface area contributed by atoms with Gasteiger partial charge in [-0.3, -0.25) is 4.90 Å². The Labute approximate surface area is 335 Å². The first-order chi connectivity index (χ1) is 27.6. The standard InChI is InChI=1S/C47H53N3O7/c1-31-42(29-50(3)32(2)43(52)37-15-9-6-10-16-37)56-46(57-44(31)38-20-18-34(30-51)19-21-38)39-24-22-36(23-25-39)40-17-11-14-35(26-40)28-48-47(54)49-41(45(53)55-4)27-33-12-7-5-8-13-33/h5-26,31-32,41-44,46,51-52H,27-30H2,1-4H3,(H2,48,49,54)/t31-,32-,41+,42+,43-,44+,46+/m1/s1. The molecule has 0 saturated carbocycles. The first-order valence-corrected chi connectivity index (χ1v) is 19.4. The lowest BCUT2D eigenvalue weighted by molar-refractivity contribution is -0.276. The summed E-state index contributed by atoms with van der Waals surface area (Å²) in [6.45, 7) is 4.96. The summed E-state index contributed by atoms with van der Waals surface area (Å²) in [5.74, 6) is -0.529. The first kappa shape index (κ1) is 41.3. The third-order valence-electron chi connectivity index (χ3n) is 10.9. The van der Waals surface area contributed by atoms with Crippen LogP contribution >= 0.6 is 0 Å². The van der Waals surface area contributed by atoms with Crippen molar-refractivity contribution < 1.29 is 34.0 Å². The number of hydrogen-bond donors (Lipinski definition) is 4. The Kier molecular flexibility index (Phi) is 14.2. The van der Waals surface area contributed by atoms with Crippen LogP contribution < -0.4 is 10.6 Å². The van der Waals surface area contributed by atoms with Gasteiger partial charge in [-0.2, -0.15) is 0 Å². The topological polar surface area (TPSA) is 130 Å². The van der Waals surface area contributed by atoms with Gasteiger partial charge in [0.2, 0.25) is 0 Å². The summed E-state index contributed by atoms with van der Waals surface area (Å²) in [6, 6.07) is 41.6. The Bertz CT molecular complexity index is 2030. The van der Waals surface area contributed by atoms with Gasteiger partial charge in [-0.25, -0.2) is 9.59 Å². The lowest BCUT2D eigenvalue weighted by atomic mass is 9.89. The van der Waals surface area contributed by atoms with E-state index >= 15 is 0 Å². The van der Waals surface area contributed by atoms with Crippen LogP contribution in [0.3, 0.4) is 0 Å². The molecule has 1 heterocycles. The molecule has 0 bridgehead atoms. The lowest BCUT2D eigenvalue weighted by Gasteiger charge is -2.43. The van der Waals surface area contributed by atoms with E-state index in [1.54, 1.807) is 0 Å². The Balaban J connectivity index is 1.13. The number of esters is 1. The Morgan fingerprint density at radius 2 is 1.44 bits per heavy atom. The molecule has 2 amide bonds. The van der Waals surface area contributed by atoms with E-state index in [0.29, 0.717) is 13.0 Å². The van der Waals surface area contributed by atoms with Gasteiger partial charge in [0.15, 0.2) is 6.29 Å². The molecule has 10 heteroatoms. The number of likely N-dealkylation sites (N-methyl/N-ethyl adjacent to an activating group) is 1. The molecular formula is C47H53N3O7. The van der Waals surface area contributed by atoms with Crippen LogP contribution in [0.25, 0.3) is 11.1 Å². The smallest absolute Gasteiger partial charge is 0.328 e. The number of urea groups is 1. The number of carbonyl (C=O) groups is 2. The van der Waals surface area contributed by atoms with Gasteiger partial charge in [0.1, 0.15) is 6.04 Å². The zero-order valence-electron chi connectivity index (χ0n) is 33.0. The van der Waals surface area contributed by atoms with Crippen molar-refractivity contribution in [1.29, 1.82) is 0 Å². The predicted molar refractivity (Wildman–Crippen MR) is 220 cm³/mol. The second-order valence-corrected chi connectivity index (χ2v) is 14.8. The van der Waals surface area contributed by atoms with Gasteiger partial charge in [0, 0.05) is 37.0 Å². The van der Waals surface area contributed by atoms with Crippen molar-refractivity contribution in [3.63, 3.8) is 0 Å². The van der Waals surface area contributed by atoms with Crippen LogP contribution in [0.5, 0.6) is 0 Å². The number of amides is 2. The molecule has 10 nitrogen and oxygen atoms in total. The van der Waals surface area contributed by atoms with E-state index in [2.05, 4.69) is 22.5 Å². The number of methoxy groups -OCH3 is 1. The molecule has 0 unspecified atom stereocenters. The number of nitrogens with one attached hydrogen (secondary N) is 2. The molecule has 298 valence electrons. The summed E-state index contributed by atoms with van der Waals surface area (Å²) in [5.41, 5.74) is 7.35. The quantitative estimate of drug-likeness (QED) is 0.0819. The number of rotatable bonds is 15. The molecule has 0 spiro atoms. The van der Waals surface area contributed by atoms with Gasteiger partial charge in [-0.05, 0) is 59.0 Å². The van der Waals surface area contributed by atoms with E-state index in [-0.39, 0.29) is 37.3 Å². The number of aliphatic hydroxyl groups is 2. The van der Waals surface area contributed by atoms with Crippen LogP contribution in [0, 0.1) is 5.92 Å². The molecule has 5 aromatic rings. The van der Waals surface area contributed by atoms with Crippen LogP contribution in [0.1, 0.15) is 65.7 Å². The Morgan fingerprint density at radius 3 is 2.11 bits per heavy atom. The minimum atomic E-state index is -0.822. The summed E-state index contributed by atoms with van der Waals surface area (Å²) in [6.07, 6.45) is -1.48. The second kappa shape index (κ2) is 19.7. The molecule has 6 rings (SSSR count). The van der Waals surface area contributed by atoms with Crippen molar-refractivity contribution in [2.24, 2.45) is 5.92 Å². The highest BCUT2D eigenvalue weighted by molar-refractivity contribution is 5.83. The number of nitrogens with zero attached hydrogens (tertiary/aromatic N) is 1. The SMILES string of the molecule is COC(=O)[C@H](Cc1ccccc1)NC(=O)NCc1cccc(-c2ccc([C@H]3O[C@@H](CN(C)[C@H](C)[C@@H](O)c4ccccc4)[C@@H](C)[C@@H](c4ccc(CO)cc4)O3)cc2)c1. The van der Waals surface area contributed by atoms with Crippen molar-refractivity contribution in [3.05, 3.63) is 167 Å². The molecule has 5 aromatic carbocycles. The summed E-state index contributed by atoms with van der Waals surface area (Å²) in [4.78, 5) is 27.4. The van der Waals surface area contributed by atoms with Gasteiger partial charge < -0.3 is 35.1 Å². The van der Waals surface area contributed by atoms with Crippen molar-refractivity contribution in [3.8, 4) is 11.1 Å². The van der Waals surface area contributed by atoms with Crippen LogP contribution in [0.2, 0.25) is 0 Å². The maximum Gasteiger partial charge on any atom is 0.328 e. The zero-order valence-corrected chi connectivity index (χ0v) is 33.0. The summed E-state index contributed by atoms with van der Waals surface area (Å²) < 4.78 is 18.4. The molecule has 0 radical (unpaired) electrons. The second-order valence-electron chi connectivity index (χ2n) is 14.8. The molecule has 57 heavy (non-hydrogen) atoms. The van der Waals surface area contributed by atoms with Gasteiger partial charge in [-0.1, -0.05) is 134 Å². The van der Waals surface area contributed by atoms with E-state index < -0.39 is 30.4 Å². The Hall–Kier alpha value is -5.36. The summed E-state index contributed by atoms with van der Waals surface area (Å²) in [7, 11) is 3.32. The van der Waals surface area contributed by atoms with Crippen LogP contribution in [-0.2, 0) is 38.6 Å². The van der Waals surface area contributed by atoms with E-state index in [0.717, 1.165) is 44.5 Å². The normalized spacial score (nSPS) is 19.6. The number of ether oxygens (including phenoxy) is 3. The number of carbonyl (C=O) groups excluding carboxylic acids is 2. The minimum Gasteiger partial charge on any atom is -0.467 e. The van der Waals surface area contributed by atoms with Gasteiger partial charge in [0.25, 0.3) is 0 Å². The molecular weight excluding hydrogens is 719 g/mol. The fourth-order valence-electron chi connectivity index (χ4n) is 7.22. The number of benzene rings is 5. The lowest BCUT2D eigenvalue weighted by Crippen LogP contribution is -2.47. The number of hydrogen-bond acceptors (Lipinski definition) is 8.